The highest BCUT2D eigenvalue weighted by atomic mass is 16.5. The molecule has 0 saturated carbocycles. The third-order valence-corrected chi connectivity index (χ3v) is 2.83. The molecule has 0 aromatic carbocycles. The molecule has 1 aromatic heterocycles. The van der Waals surface area contributed by atoms with Gasteiger partial charge in [-0.2, -0.15) is 0 Å². The summed E-state index contributed by atoms with van der Waals surface area (Å²) in [6.45, 7) is 2.29. The fourth-order valence-corrected chi connectivity index (χ4v) is 1.79. The number of nitrogens with one attached hydrogen (secondary N) is 1. The maximum atomic E-state index is 12.0. The SMILES string of the molecule is CN(C(=O)CC1CNCCO1)c1ccncc1. The van der Waals surface area contributed by atoms with Crippen LogP contribution in [0.3, 0.4) is 0 Å². The normalized spacial score (nSPS) is 19.9. The maximum Gasteiger partial charge on any atom is 0.229 e. The van der Waals surface area contributed by atoms with Crippen LogP contribution < -0.4 is 10.2 Å². The summed E-state index contributed by atoms with van der Waals surface area (Å²) in [6, 6.07) is 3.63. The largest absolute Gasteiger partial charge is 0.375 e. The molecule has 1 fully saturated rings. The number of rotatable bonds is 3. The van der Waals surface area contributed by atoms with Gasteiger partial charge in [-0.15, -0.1) is 0 Å². The molecule has 5 heteroatoms. The lowest BCUT2D eigenvalue weighted by Crippen LogP contribution is -2.41. The molecule has 1 N–H and O–H groups in total. The quantitative estimate of drug-likeness (QED) is 0.825. The zero-order chi connectivity index (χ0) is 12.1. The summed E-state index contributed by atoms with van der Waals surface area (Å²) in [5.74, 6) is 0.0601. The Balaban J connectivity index is 1.91. The van der Waals surface area contributed by atoms with Crippen molar-refractivity contribution in [3.05, 3.63) is 24.5 Å². The van der Waals surface area contributed by atoms with E-state index in [9.17, 15) is 4.79 Å². The van der Waals surface area contributed by atoms with Crippen molar-refractivity contribution in [1.29, 1.82) is 0 Å². The molecule has 1 aromatic rings. The second kappa shape index (κ2) is 5.75. The molecule has 0 spiro atoms. The third-order valence-electron chi connectivity index (χ3n) is 2.83. The fraction of sp³-hybridized carbons (Fsp3) is 0.500. The van der Waals surface area contributed by atoms with Crippen molar-refractivity contribution in [2.45, 2.75) is 12.5 Å². The summed E-state index contributed by atoms with van der Waals surface area (Å²) in [7, 11) is 1.77. The smallest absolute Gasteiger partial charge is 0.229 e. The first-order valence-electron chi connectivity index (χ1n) is 5.76. The molecule has 1 saturated heterocycles. The molecule has 92 valence electrons. The minimum Gasteiger partial charge on any atom is -0.375 e. The van der Waals surface area contributed by atoms with Gasteiger partial charge in [-0.05, 0) is 12.1 Å². The van der Waals surface area contributed by atoms with Crippen LogP contribution in [0.15, 0.2) is 24.5 Å². The van der Waals surface area contributed by atoms with E-state index in [4.69, 9.17) is 4.74 Å². The zero-order valence-electron chi connectivity index (χ0n) is 9.93. The van der Waals surface area contributed by atoms with Crippen LogP contribution in [-0.4, -0.2) is 43.7 Å². The van der Waals surface area contributed by atoms with E-state index in [1.54, 1.807) is 24.3 Å². The number of morpholine rings is 1. The summed E-state index contributed by atoms with van der Waals surface area (Å²) in [4.78, 5) is 17.6. The molecule has 1 aliphatic rings. The minimum atomic E-state index is -0.0134. The highest BCUT2D eigenvalue weighted by Gasteiger charge is 2.20. The Kier molecular flexibility index (Phi) is 4.06. The van der Waals surface area contributed by atoms with Gasteiger partial charge < -0.3 is 15.0 Å². The predicted octanol–water partition coefficient (Wildman–Crippen LogP) is 0.423. The number of ether oxygens (including phenoxy) is 1. The van der Waals surface area contributed by atoms with E-state index in [1.165, 1.54) is 0 Å². The van der Waals surface area contributed by atoms with Crippen molar-refractivity contribution in [2.24, 2.45) is 0 Å². The molecule has 0 bridgehead atoms. The highest BCUT2D eigenvalue weighted by Crippen LogP contribution is 2.13. The topological polar surface area (TPSA) is 54.5 Å². The number of anilines is 1. The summed E-state index contributed by atoms with van der Waals surface area (Å²) < 4.78 is 5.51. The van der Waals surface area contributed by atoms with Gasteiger partial charge in [-0.25, -0.2) is 0 Å². The van der Waals surface area contributed by atoms with Gasteiger partial charge in [0.15, 0.2) is 0 Å². The average Bonchev–Trinajstić information content (AvgIpc) is 2.40. The Hall–Kier alpha value is -1.46. The second-order valence-corrected chi connectivity index (χ2v) is 4.06. The Morgan fingerprint density at radius 1 is 1.59 bits per heavy atom. The molecule has 5 nitrogen and oxygen atoms in total. The van der Waals surface area contributed by atoms with E-state index in [0.29, 0.717) is 13.0 Å². The Bertz CT molecular complexity index is 363. The molecule has 1 amide bonds. The van der Waals surface area contributed by atoms with Crippen LogP contribution in [0.5, 0.6) is 0 Å². The first-order chi connectivity index (χ1) is 8.27. The molecular weight excluding hydrogens is 218 g/mol. The van der Waals surface area contributed by atoms with Gasteiger partial charge in [0.05, 0.1) is 19.1 Å². The predicted molar refractivity (Wildman–Crippen MR) is 64.9 cm³/mol. The number of aromatic nitrogens is 1. The number of nitrogens with zero attached hydrogens (tertiary/aromatic N) is 2. The van der Waals surface area contributed by atoms with Crippen molar-refractivity contribution in [2.75, 3.05) is 31.6 Å². The number of hydrogen-bond acceptors (Lipinski definition) is 4. The first kappa shape index (κ1) is 12.0. The summed E-state index contributed by atoms with van der Waals surface area (Å²) in [6.07, 6.45) is 3.75. The summed E-state index contributed by atoms with van der Waals surface area (Å²) in [5, 5.41) is 3.21. The highest BCUT2D eigenvalue weighted by molar-refractivity contribution is 5.92. The standard InChI is InChI=1S/C12H17N3O2/c1-15(10-2-4-13-5-3-10)12(16)8-11-9-14-6-7-17-11/h2-5,11,14H,6-9H2,1H3. The van der Waals surface area contributed by atoms with Crippen molar-refractivity contribution in [3.8, 4) is 0 Å². The Morgan fingerprint density at radius 2 is 2.35 bits per heavy atom. The van der Waals surface area contributed by atoms with Gasteiger partial charge in [0.1, 0.15) is 0 Å². The Labute approximate surface area is 101 Å². The van der Waals surface area contributed by atoms with Crippen molar-refractivity contribution >= 4 is 11.6 Å². The molecule has 1 atom stereocenters. The van der Waals surface area contributed by atoms with Crippen LogP contribution in [-0.2, 0) is 9.53 Å². The molecular formula is C12H17N3O2. The van der Waals surface area contributed by atoms with E-state index in [1.807, 2.05) is 12.1 Å². The fourth-order valence-electron chi connectivity index (χ4n) is 1.79. The van der Waals surface area contributed by atoms with Crippen molar-refractivity contribution < 1.29 is 9.53 Å². The van der Waals surface area contributed by atoms with Crippen LogP contribution in [0, 0.1) is 0 Å². The van der Waals surface area contributed by atoms with Crippen LogP contribution in [0.25, 0.3) is 0 Å². The van der Waals surface area contributed by atoms with Crippen LogP contribution in [0.2, 0.25) is 0 Å². The molecule has 1 unspecified atom stereocenters. The molecule has 17 heavy (non-hydrogen) atoms. The average molecular weight is 235 g/mol. The summed E-state index contributed by atoms with van der Waals surface area (Å²) in [5.41, 5.74) is 0.855. The van der Waals surface area contributed by atoms with Crippen molar-refractivity contribution in [3.63, 3.8) is 0 Å². The third kappa shape index (κ3) is 3.25. The van der Waals surface area contributed by atoms with Gasteiger partial charge in [0.2, 0.25) is 5.91 Å². The number of hydrogen-bond donors (Lipinski definition) is 1. The molecule has 2 rings (SSSR count). The Morgan fingerprint density at radius 3 is 3.00 bits per heavy atom. The van der Waals surface area contributed by atoms with Crippen LogP contribution in [0.1, 0.15) is 6.42 Å². The second-order valence-electron chi connectivity index (χ2n) is 4.06. The lowest BCUT2D eigenvalue weighted by Gasteiger charge is -2.25. The van der Waals surface area contributed by atoms with Crippen molar-refractivity contribution in [1.82, 2.24) is 10.3 Å². The monoisotopic (exact) mass is 235 g/mol. The lowest BCUT2D eigenvalue weighted by atomic mass is 10.2. The summed E-state index contributed by atoms with van der Waals surface area (Å²) >= 11 is 0. The zero-order valence-corrected chi connectivity index (χ0v) is 9.93. The van der Waals surface area contributed by atoms with Crippen LogP contribution >= 0.6 is 0 Å². The van der Waals surface area contributed by atoms with E-state index in [2.05, 4.69) is 10.3 Å². The van der Waals surface area contributed by atoms with Gasteiger partial charge in [0.25, 0.3) is 0 Å². The first-order valence-corrected chi connectivity index (χ1v) is 5.76. The van der Waals surface area contributed by atoms with Gasteiger partial charge in [0, 0.05) is 38.2 Å². The van der Waals surface area contributed by atoms with Gasteiger partial charge in [-0.3, -0.25) is 9.78 Å². The van der Waals surface area contributed by atoms with E-state index in [-0.39, 0.29) is 12.0 Å². The van der Waals surface area contributed by atoms with Gasteiger partial charge in [-0.1, -0.05) is 0 Å². The maximum absolute atomic E-state index is 12.0. The van der Waals surface area contributed by atoms with E-state index >= 15 is 0 Å². The van der Waals surface area contributed by atoms with E-state index < -0.39 is 0 Å². The number of pyridine rings is 1. The number of carbonyl (C=O) groups excluding carboxylic acids is 1. The van der Waals surface area contributed by atoms with Crippen LogP contribution in [0.4, 0.5) is 5.69 Å². The number of carbonyl (C=O) groups is 1. The molecule has 2 heterocycles. The molecule has 0 radical (unpaired) electrons. The molecule has 0 aliphatic carbocycles. The lowest BCUT2D eigenvalue weighted by molar-refractivity contribution is -0.121. The number of amides is 1. The van der Waals surface area contributed by atoms with E-state index in [0.717, 1.165) is 18.8 Å². The van der Waals surface area contributed by atoms with Gasteiger partial charge >= 0.3 is 0 Å². The minimum absolute atomic E-state index is 0.0134. The molecule has 1 aliphatic heterocycles.